The molecular weight excluding hydrogens is 438 g/mol. The lowest BCUT2D eigenvalue weighted by atomic mass is 10.2. The molecule has 0 saturated carbocycles. The number of hydrogen-bond donors (Lipinski definition) is 0. The van der Waals surface area contributed by atoms with Gasteiger partial charge in [-0.2, -0.15) is 5.10 Å². The van der Waals surface area contributed by atoms with Crippen LogP contribution in [0, 0.1) is 0 Å². The topological polar surface area (TPSA) is 48.1 Å². The van der Waals surface area contributed by atoms with Gasteiger partial charge in [0.25, 0.3) is 0 Å². The van der Waals surface area contributed by atoms with Crippen molar-refractivity contribution in [2.45, 2.75) is 19.9 Å². The van der Waals surface area contributed by atoms with Crippen LogP contribution in [0.1, 0.15) is 19.4 Å². The number of hydrogen-bond acceptors (Lipinski definition) is 5. The van der Waals surface area contributed by atoms with Crippen LogP contribution in [0.5, 0.6) is 11.5 Å². The van der Waals surface area contributed by atoms with Gasteiger partial charge in [-0.05, 0) is 38.1 Å². The second-order valence-electron chi connectivity index (χ2n) is 6.30. The molecule has 0 aliphatic heterocycles. The molecule has 0 bridgehead atoms. The average molecular weight is 460 g/mol. The highest BCUT2D eigenvalue weighted by molar-refractivity contribution is 9.10. The van der Waals surface area contributed by atoms with Crippen LogP contribution in [0.2, 0.25) is 0 Å². The summed E-state index contributed by atoms with van der Waals surface area (Å²) in [5.74, 6) is 1.44. The van der Waals surface area contributed by atoms with Gasteiger partial charge in [-0.1, -0.05) is 28.1 Å². The van der Waals surface area contributed by atoms with Gasteiger partial charge in [-0.3, -0.25) is 4.99 Å². The normalized spacial score (nSPS) is 12.1. The minimum Gasteiger partial charge on any atom is -0.497 e. The molecule has 1 aromatic heterocycles. The fourth-order valence-electron chi connectivity index (χ4n) is 2.58. The Morgan fingerprint density at radius 3 is 2.46 bits per heavy atom. The van der Waals surface area contributed by atoms with Crippen LogP contribution in [0.25, 0.3) is 11.3 Å². The van der Waals surface area contributed by atoms with Gasteiger partial charge in [0.15, 0.2) is 0 Å². The van der Waals surface area contributed by atoms with Crippen molar-refractivity contribution in [2.24, 2.45) is 10.1 Å². The summed E-state index contributed by atoms with van der Waals surface area (Å²) >= 11 is 5.06. The Kier molecular flexibility index (Phi) is 6.70. The van der Waals surface area contributed by atoms with Gasteiger partial charge < -0.3 is 9.47 Å². The van der Waals surface area contributed by atoms with Gasteiger partial charge in [0.1, 0.15) is 11.5 Å². The molecule has 146 valence electrons. The van der Waals surface area contributed by atoms with E-state index < -0.39 is 0 Å². The maximum Gasteiger partial charge on any atom is 0.206 e. The van der Waals surface area contributed by atoms with Crippen molar-refractivity contribution < 1.29 is 9.47 Å². The number of rotatable bonds is 6. The molecule has 0 aliphatic carbocycles. The van der Waals surface area contributed by atoms with Gasteiger partial charge in [-0.25, -0.2) is 4.68 Å². The third kappa shape index (κ3) is 4.72. The molecule has 0 fully saturated rings. The molecular formula is C21H22BrN3O2S. The van der Waals surface area contributed by atoms with Crippen molar-refractivity contribution in [1.29, 1.82) is 0 Å². The molecule has 0 unspecified atom stereocenters. The maximum atomic E-state index is 5.47. The summed E-state index contributed by atoms with van der Waals surface area (Å²) in [4.78, 5) is 5.56. The molecule has 0 N–H and O–H groups in total. The summed E-state index contributed by atoms with van der Waals surface area (Å²) in [5.41, 5.74) is 2.92. The molecule has 2 aromatic carbocycles. The molecule has 0 aliphatic rings. The smallest absolute Gasteiger partial charge is 0.206 e. The Bertz CT molecular complexity index is 1040. The number of thiazole rings is 1. The zero-order valence-corrected chi connectivity index (χ0v) is 18.6. The molecule has 28 heavy (non-hydrogen) atoms. The predicted octanol–water partition coefficient (Wildman–Crippen LogP) is 5.19. The summed E-state index contributed by atoms with van der Waals surface area (Å²) in [7, 11) is 3.27. The minimum atomic E-state index is 0.174. The van der Waals surface area contributed by atoms with E-state index in [1.807, 2.05) is 35.0 Å². The molecule has 0 spiro atoms. The van der Waals surface area contributed by atoms with Crippen LogP contribution >= 0.6 is 27.3 Å². The summed E-state index contributed by atoms with van der Waals surface area (Å²) in [6, 6.07) is 14.0. The Balaban J connectivity index is 2.08. The van der Waals surface area contributed by atoms with Crippen LogP contribution in [-0.4, -0.2) is 31.2 Å². The summed E-state index contributed by atoms with van der Waals surface area (Å²) in [6.07, 6.45) is 1.78. The molecule has 1 heterocycles. The standard InChI is InChI=1S/C21H22BrN3O2S/c1-14(2)24-21-25(19(13-28-21)15-5-8-17(22)9-6-15)23-12-16-7-10-18(26-3)11-20(16)27-4/h5-14H,1-4H3. The quantitative estimate of drug-likeness (QED) is 0.476. The summed E-state index contributed by atoms with van der Waals surface area (Å²) < 4.78 is 13.6. The molecule has 0 radical (unpaired) electrons. The first-order valence-corrected chi connectivity index (χ1v) is 10.5. The van der Waals surface area contributed by atoms with Gasteiger partial charge in [0.05, 0.1) is 26.1 Å². The fourth-order valence-corrected chi connectivity index (χ4v) is 3.82. The van der Waals surface area contributed by atoms with Gasteiger partial charge in [0.2, 0.25) is 4.80 Å². The lowest BCUT2D eigenvalue weighted by Gasteiger charge is -2.08. The lowest BCUT2D eigenvalue weighted by Crippen LogP contribution is -2.14. The van der Waals surface area contributed by atoms with E-state index in [-0.39, 0.29) is 6.04 Å². The molecule has 0 amide bonds. The van der Waals surface area contributed by atoms with Crippen molar-refractivity contribution in [1.82, 2.24) is 4.68 Å². The first-order valence-electron chi connectivity index (χ1n) is 8.78. The second kappa shape index (κ2) is 9.21. The van der Waals surface area contributed by atoms with E-state index in [0.717, 1.165) is 31.8 Å². The van der Waals surface area contributed by atoms with Crippen molar-refractivity contribution in [3.05, 3.63) is 62.7 Å². The zero-order chi connectivity index (χ0) is 20.1. The van der Waals surface area contributed by atoms with E-state index in [2.05, 4.69) is 47.3 Å². The summed E-state index contributed by atoms with van der Waals surface area (Å²) in [5, 5.41) is 6.80. The van der Waals surface area contributed by atoms with Crippen molar-refractivity contribution in [3.63, 3.8) is 0 Å². The number of halogens is 1. The van der Waals surface area contributed by atoms with Crippen molar-refractivity contribution in [2.75, 3.05) is 14.2 Å². The molecule has 3 rings (SSSR count). The van der Waals surface area contributed by atoms with Crippen LogP contribution in [0.15, 0.2) is 62.4 Å². The highest BCUT2D eigenvalue weighted by atomic mass is 79.9. The monoisotopic (exact) mass is 459 g/mol. The Hall–Kier alpha value is -2.38. The Morgan fingerprint density at radius 2 is 1.82 bits per heavy atom. The van der Waals surface area contributed by atoms with E-state index in [4.69, 9.17) is 19.6 Å². The van der Waals surface area contributed by atoms with Gasteiger partial charge in [-0.15, -0.1) is 11.3 Å². The number of ether oxygens (including phenoxy) is 2. The van der Waals surface area contributed by atoms with E-state index in [0.29, 0.717) is 5.75 Å². The van der Waals surface area contributed by atoms with Gasteiger partial charge in [0, 0.05) is 33.1 Å². The number of benzene rings is 2. The third-order valence-electron chi connectivity index (χ3n) is 3.95. The number of aromatic nitrogens is 1. The summed E-state index contributed by atoms with van der Waals surface area (Å²) in [6.45, 7) is 4.11. The molecule has 7 heteroatoms. The highest BCUT2D eigenvalue weighted by Crippen LogP contribution is 2.25. The number of nitrogens with zero attached hydrogens (tertiary/aromatic N) is 3. The highest BCUT2D eigenvalue weighted by Gasteiger charge is 2.09. The van der Waals surface area contributed by atoms with Crippen molar-refractivity contribution >= 4 is 33.5 Å². The SMILES string of the molecule is COc1ccc(C=Nn2c(-c3ccc(Br)cc3)csc2=NC(C)C)c(OC)c1. The largest absolute Gasteiger partial charge is 0.497 e. The maximum absolute atomic E-state index is 5.47. The second-order valence-corrected chi connectivity index (χ2v) is 8.05. The van der Waals surface area contributed by atoms with E-state index in [1.165, 1.54) is 0 Å². The predicted molar refractivity (Wildman–Crippen MR) is 119 cm³/mol. The van der Waals surface area contributed by atoms with Crippen LogP contribution in [0.3, 0.4) is 0 Å². The van der Waals surface area contributed by atoms with Crippen LogP contribution in [-0.2, 0) is 0 Å². The average Bonchev–Trinajstić information content (AvgIpc) is 3.08. The third-order valence-corrected chi connectivity index (χ3v) is 5.31. The Morgan fingerprint density at radius 1 is 1.07 bits per heavy atom. The molecule has 3 aromatic rings. The van der Waals surface area contributed by atoms with E-state index >= 15 is 0 Å². The molecule has 5 nitrogen and oxygen atoms in total. The van der Waals surface area contributed by atoms with E-state index in [9.17, 15) is 0 Å². The number of methoxy groups -OCH3 is 2. The molecule has 0 atom stereocenters. The lowest BCUT2D eigenvalue weighted by molar-refractivity contribution is 0.394. The fraction of sp³-hybridized carbons (Fsp3) is 0.238. The zero-order valence-electron chi connectivity index (χ0n) is 16.2. The van der Waals surface area contributed by atoms with Crippen LogP contribution in [0.4, 0.5) is 0 Å². The van der Waals surface area contributed by atoms with Crippen molar-refractivity contribution in [3.8, 4) is 22.8 Å². The van der Waals surface area contributed by atoms with Crippen LogP contribution < -0.4 is 14.3 Å². The van der Waals surface area contributed by atoms with Gasteiger partial charge >= 0.3 is 0 Å². The first-order chi connectivity index (χ1) is 13.5. The minimum absolute atomic E-state index is 0.174. The Labute approximate surface area is 177 Å². The van der Waals surface area contributed by atoms with E-state index in [1.54, 1.807) is 31.8 Å². The molecule has 0 saturated heterocycles. The first kappa shape index (κ1) is 20.4.